The van der Waals surface area contributed by atoms with Crippen LogP contribution in [0.4, 0.5) is 5.69 Å². The van der Waals surface area contributed by atoms with Crippen LogP contribution in [0.5, 0.6) is 5.75 Å². The average Bonchev–Trinajstić information content (AvgIpc) is 3.39. The SMILES string of the molecule is CN(C)c1cc(CNC2C=CON2)c(O)c2c1C[C@H]1C[C@H]3[C@H](N(C)C)C(=O)C(C(N)=O)=C(O)[C@@]3(O)C(=O)C1=C2O. The molecule has 0 bridgehead atoms. The van der Waals surface area contributed by atoms with Crippen LogP contribution >= 0.6 is 0 Å². The second kappa shape index (κ2) is 9.63. The van der Waals surface area contributed by atoms with Gasteiger partial charge in [0.25, 0.3) is 5.91 Å². The van der Waals surface area contributed by atoms with E-state index >= 15 is 0 Å². The molecule has 1 unspecified atom stereocenters. The van der Waals surface area contributed by atoms with Crippen LogP contribution in [0, 0.1) is 11.8 Å². The van der Waals surface area contributed by atoms with Crippen LogP contribution in [0.2, 0.25) is 0 Å². The number of anilines is 1. The van der Waals surface area contributed by atoms with Crippen molar-refractivity contribution in [3.05, 3.63) is 52.0 Å². The van der Waals surface area contributed by atoms with Gasteiger partial charge in [0.05, 0.1) is 11.6 Å². The number of nitrogens with two attached hydrogens (primary N) is 1. The number of aliphatic hydroxyl groups excluding tert-OH is 2. The highest BCUT2D eigenvalue weighted by Gasteiger charge is 2.64. The average molecular weight is 556 g/mol. The van der Waals surface area contributed by atoms with Crippen LogP contribution in [0.25, 0.3) is 5.76 Å². The minimum atomic E-state index is -2.68. The molecule has 8 N–H and O–H groups in total. The van der Waals surface area contributed by atoms with E-state index in [1.54, 1.807) is 26.2 Å². The molecule has 1 heterocycles. The van der Waals surface area contributed by atoms with Gasteiger partial charge < -0.3 is 35.9 Å². The zero-order valence-electron chi connectivity index (χ0n) is 22.6. The lowest BCUT2D eigenvalue weighted by Crippen LogP contribution is -2.65. The molecule has 13 heteroatoms. The van der Waals surface area contributed by atoms with E-state index in [4.69, 9.17) is 10.6 Å². The summed E-state index contributed by atoms with van der Waals surface area (Å²) in [4.78, 5) is 47.7. The van der Waals surface area contributed by atoms with Crippen molar-refractivity contribution in [1.82, 2.24) is 15.7 Å². The number of primary amides is 1. The smallest absolute Gasteiger partial charge is 0.255 e. The predicted molar refractivity (Wildman–Crippen MR) is 143 cm³/mol. The molecule has 0 aromatic heterocycles. The maximum Gasteiger partial charge on any atom is 0.255 e. The molecule has 5 atom stereocenters. The van der Waals surface area contributed by atoms with Gasteiger partial charge in [0.2, 0.25) is 5.78 Å². The van der Waals surface area contributed by atoms with Gasteiger partial charge in [0.15, 0.2) is 11.4 Å². The molecule has 1 fully saturated rings. The molecule has 5 rings (SSSR count). The number of phenolic OH excluding ortho intramolecular Hbond substituents is 1. The van der Waals surface area contributed by atoms with Crippen LogP contribution in [-0.4, -0.2) is 88.8 Å². The van der Waals surface area contributed by atoms with Crippen molar-refractivity contribution in [1.29, 1.82) is 0 Å². The predicted octanol–water partition coefficient (Wildman–Crippen LogP) is -0.506. The largest absolute Gasteiger partial charge is 0.508 e. The van der Waals surface area contributed by atoms with Gasteiger partial charge in [-0.3, -0.25) is 24.6 Å². The van der Waals surface area contributed by atoms with Crippen molar-refractivity contribution < 1.29 is 39.6 Å². The second-order valence-electron chi connectivity index (χ2n) is 11.0. The van der Waals surface area contributed by atoms with Crippen molar-refractivity contribution in [2.75, 3.05) is 33.1 Å². The van der Waals surface area contributed by atoms with Crippen LogP contribution in [-0.2, 0) is 32.2 Å². The minimum absolute atomic E-state index is 0.0301. The maximum absolute atomic E-state index is 14.0. The number of amides is 1. The van der Waals surface area contributed by atoms with Crippen molar-refractivity contribution >= 4 is 28.9 Å². The highest BCUT2D eigenvalue weighted by Crippen LogP contribution is 2.54. The molecule has 214 valence electrons. The molecular weight excluding hydrogens is 522 g/mol. The number of hydrogen-bond donors (Lipinski definition) is 7. The first kappa shape index (κ1) is 27.6. The fourth-order valence-corrected chi connectivity index (χ4v) is 6.48. The summed E-state index contributed by atoms with van der Waals surface area (Å²) >= 11 is 0. The molecule has 0 saturated heterocycles. The van der Waals surface area contributed by atoms with E-state index in [1.165, 1.54) is 11.2 Å². The number of likely N-dealkylation sites (N-methyl/N-ethyl adjacent to an activating group) is 1. The van der Waals surface area contributed by atoms with Gasteiger partial charge in [-0.15, -0.1) is 5.48 Å². The number of nitrogens with zero attached hydrogens (tertiary/aromatic N) is 2. The molecular formula is C27H33N5O8. The van der Waals surface area contributed by atoms with E-state index < -0.39 is 58.0 Å². The van der Waals surface area contributed by atoms with E-state index in [1.807, 2.05) is 19.0 Å². The molecule has 1 aromatic rings. The fraction of sp³-hybridized carbons (Fsp3) is 0.444. The maximum atomic E-state index is 14.0. The van der Waals surface area contributed by atoms with Gasteiger partial charge >= 0.3 is 0 Å². The summed E-state index contributed by atoms with van der Waals surface area (Å²) < 4.78 is 0. The molecule has 0 radical (unpaired) electrons. The van der Waals surface area contributed by atoms with E-state index in [2.05, 4.69) is 10.8 Å². The second-order valence-corrected chi connectivity index (χ2v) is 11.0. The highest BCUT2D eigenvalue weighted by atomic mass is 16.6. The number of rotatable bonds is 6. The lowest BCUT2D eigenvalue weighted by molar-refractivity contribution is -0.153. The molecule has 1 amide bonds. The van der Waals surface area contributed by atoms with Gasteiger partial charge in [-0.2, -0.15) is 0 Å². The van der Waals surface area contributed by atoms with Crippen molar-refractivity contribution in [3.8, 4) is 5.75 Å². The molecule has 4 aliphatic rings. The number of nitrogens with one attached hydrogen (secondary N) is 2. The van der Waals surface area contributed by atoms with E-state index in [9.17, 15) is 34.8 Å². The Kier molecular flexibility index (Phi) is 6.65. The van der Waals surface area contributed by atoms with E-state index in [0.717, 1.165) is 0 Å². The number of ketones is 2. The summed E-state index contributed by atoms with van der Waals surface area (Å²) in [6.45, 7) is 0.176. The molecule has 1 aliphatic heterocycles. The monoisotopic (exact) mass is 555 g/mol. The van der Waals surface area contributed by atoms with Gasteiger partial charge in [0, 0.05) is 43.4 Å². The van der Waals surface area contributed by atoms with Gasteiger partial charge in [-0.25, -0.2) is 0 Å². The van der Waals surface area contributed by atoms with Crippen LogP contribution < -0.4 is 21.4 Å². The number of hydrogen-bond acceptors (Lipinski definition) is 12. The number of hydroxylamine groups is 1. The zero-order chi connectivity index (χ0) is 29.3. The summed E-state index contributed by atoms with van der Waals surface area (Å²) in [5.74, 6) is -6.75. The number of carbonyl (C=O) groups is 3. The van der Waals surface area contributed by atoms with E-state index in [0.29, 0.717) is 16.8 Å². The third kappa shape index (κ3) is 3.88. The number of phenols is 1. The first-order valence-corrected chi connectivity index (χ1v) is 12.8. The Labute approximate surface area is 230 Å². The summed E-state index contributed by atoms with van der Waals surface area (Å²) in [7, 11) is 6.76. The third-order valence-electron chi connectivity index (χ3n) is 8.30. The first-order valence-electron chi connectivity index (χ1n) is 12.8. The molecule has 40 heavy (non-hydrogen) atoms. The number of Topliss-reactive ketones (excluding diaryl/α,β-unsaturated/α-hetero) is 2. The standard InChI is InChI=1S/C27H33N5O8/c1-31(2)15-9-12(10-29-16-5-6-40-30-16)21(33)18-13(15)7-11-8-14-20(32(3)4)23(35)19(26(28)38)25(37)27(14,39)24(36)17(11)22(18)34/h5-6,9,11,14,16,20,29-30,33-34,37,39H,7-8,10H2,1-4H3,(H2,28,38)/t11-,14-,16?,20-,27-/m0/s1. The Balaban J connectivity index is 1.67. The minimum Gasteiger partial charge on any atom is -0.508 e. The summed E-state index contributed by atoms with van der Waals surface area (Å²) in [5, 5.41) is 48.7. The molecule has 1 saturated carbocycles. The number of carbonyl (C=O) groups excluding carboxylic acids is 3. The summed E-state index contributed by atoms with van der Waals surface area (Å²) in [6.07, 6.45) is 3.15. The van der Waals surface area contributed by atoms with Crippen LogP contribution in [0.3, 0.4) is 0 Å². The Morgan fingerprint density at radius 3 is 2.50 bits per heavy atom. The van der Waals surface area contributed by atoms with Crippen LogP contribution in [0.1, 0.15) is 23.1 Å². The van der Waals surface area contributed by atoms with Gasteiger partial charge in [-0.1, -0.05) is 0 Å². The van der Waals surface area contributed by atoms with Gasteiger partial charge in [-0.05, 0) is 50.6 Å². The Morgan fingerprint density at radius 1 is 1.23 bits per heavy atom. The first-order chi connectivity index (χ1) is 18.8. The number of fused-ring (bicyclic) bond motifs is 3. The fourth-order valence-electron chi connectivity index (χ4n) is 6.48. The molecule has 3 aliphatic carbocycles. The Hall–Kier alpha value is -3.91. The van der Waals surface area contributed by atoms with E-state index in [-0.39, 0.29) is 42.4 Å². The van der Waals surface area contributed by atoms with Crippen molar-refractivity contribution in [3.63, 3.8) is 0 Å². The van der Waals surface area contributed by atoms with Gasteiger partial charge in [0.1, 0.15) is 35.3 Å². The van der Waals surface area contributed by atoms with Crippen molar-refractivity contribution in [2.24, 2.45) is 17.6 Å². The van der Waals surface area contributed by atoms with Crippen molar-refractivity contribution in [2.45, 2.75) is 37.2 Å². The van der Waals surface area contributed by atoms with Crippen LogP contribution in [0.15, 0.2) is 35.3 Å². The number of aliphatic hydroxyl groups is 3. The lowest BCUT2D eigenvalue weighted by Gasteiger charge is -2.50. The molecule has 0 spiro atoms. The quantitative estimate of drug-likeness (QED) is 0.222. The lowest BCUT2D eigenvalue weighted by atomic mass is 9.57. The topological polar surface area (TPSA) is 198 Å². The molecule has 13 nitrogen and oxygen atoms in total. The number of benzene rings is 1. The summed E-state index contributed by atoms with van der Waals surface area (Å²) in [6, 6.07) is 0.662. The highest BCUT2D eigenvalue weighted by molar-refractivity contribution is 6.24. The third-order valence-corrected chi connectivity index (χ3v) is 8.30. The molecule has 1 aromatic carbocycles. The normalized spacial score (nSPS) is 29.4. The summed E-state index contributed by atoms with van der Waals surface area (Å²) in [5.41, 5.74) is 6.18. The Morgan fingerprint density at radius 2 is 1.93 bits per heavy atom. The Bertz CT molecular complexity index is 1410. The zero-order valence-corrected chi connectivity index (χ0v) is 22.6. The number of aromatic hydroxyl groups is 1.